The molecule has 0 bridgehead atoms. The predicted molar refractivity (Wildman–Crippen MR) is 63.9 cm³/mol. The van der Waals surface area contributed by atoms with Crippen molar-refractivity contribution in [3.63, 3.8) is 0 Å². The molecule has 0 fully saturated rings. The zero-order valence-corrected chi connectivity index (χ0v) is 9.21. The minimum atomic E-state index is -0.745. The Bertz CT molecular complexity index is 491. The Morgan fingerprint density at radius 1 is 1.41 bits per heavy atom. The molecule has 0 spiro atoms. The van der Waals surface area contributed by atoms with Crippen molar-refractivity contribution >= 4 is 5.97 Å². The van der Waals surface area contributed by atoms with Crippen LogP contribution in [0.3, 0.4) is 0 Å². The van der Waals surface area contributed by atoms with Crippen molar-refractivity contribution in [2.45, 2.75) is 12.5 Å². The molecular weight excluding hydrogens is 218 g/mol. The number of aromatic nitrogens is 2. The molecule has 1 heterocycles. The van der Waals surface area contributed by atoms with Crippen molar-refractivity contribution in [2.75, 3.05) is 0 Å². The van der Waals surface area contributed by atoms with Crippen LogP contribution in [0, 0.1) is 0 Å². The molecule has 0 aliphatic heterocycles. The summed E-state index contributed by atoms with van der Waals surface area (Å²) in [5.74, 6) is -0.735. The van der Waals surface area contributed by atoms with Crippen molar-refractivity contribution in [3.05, 3.63) is 48.3 Å². The summed E-state index contributed by atoms with van der Waals surface area (Å²) in [4.78, 5) is 10.7. The molecule has 2 rings (SSSR count). The predicted octanol–water partition coefficient (Wildman–Crippen LogP) is -0.00670. The van der Waals surface area contributed by atoms with Gasteiger partial charge in [0.05, 0.1) is 5.69 Å². The Kier molecular flexibility index (Phi) is 3.20. The SMILES string of the molecule is N[C@@H](Cc1ccc(-n2cccn2)cc1)C(=O)[OH2+]. The van der Waals surface area contributed by atoms with Gasteiger partial charge in [0.25, 0.3) is 0 Å². The molecule has 0 saturated carbocycles. The van der Waals surface area contributed by atoms with E-state index in [4.69, 9.17) is 10.8 Å². The standard InChI is InChI=1S/C12H13N3O2/c13-11(12(16)17)8-9-2-4-10(5-3-9)15-7-1-6-14-15/h1-7,11H,8,13H2,(H,16,17)/p+1/t11-/m0/s1. The van der Waals surface area contributed by atoms with Gasteiger partial charge in [0.1, 0.15) is 0 Å². The van der Waals surface area contributed by atoms with Crippen LogP contribution < -0.4 is 5.73 Å². The fourth-order valence-electron chi connectivity index (χ4n) is 1.55. The zero-order chi connectivity index (χ0) is 12.3. The Morgan fingerprint density at radius 2 is 2.12 bits per heavy atom. The molecule has 17 heavy (non-hydrogen) atoms. The summed E-state index contributed by atoms with van der Waals surface area (Å²) in [7, 11) is 0. The van der Waals surface area contributed by atoms with Crippen LogP contribution in [0.25, 0.3) is 5.69 Å². The highest BCUT2D eigenvalue weighted by molar-refractivity contribution is 5.73. The highest BCUT2D eigenvalue weighted by Crippen LogP contribution is 2.09. The van der Waals surface area contributed by atoms with Gasteiger partial charge < -0.3 is 10.8 Å². The Hall–Kier alpha value is -2.14. The number of benzene rings is 1. The number of carbonyl (C=O) groups is 1. The molecule has 0 aliphatic carbocycles. The van der Waals surface area contributed by atoms with Crippen LogP contribution in [0.4, 0.5) is 0 Å². The second kappa shape index (κ2) is 4.80. The van der Waals surface area contributed by atoms with E-state index in [1.807, 2.05) is 36.5 Å². The monoisotopic (exact) mass is 232 g/mol. The van der Waals surface area contributed by atoms with Gasteiger partial charge in [-0.25, -0.2) is 4.68 Å². The maximum absolute atomic E-state index is 10.7. The van der Waals surface area contributed by atoms with Gasteiger partial charge in [-0.3, -0.25) is 0 Å². The third kappa shape index (κ3) is 2.70. The van der Waals surface area contributed by atoms with E-state index in [-0.39, 0.29) is 0 Å². The highest BCUT2D eigenvalue weighted by atomic mass is 16.4. The maximum atomic E-state index is 10.7. The van der Waals surface area contributed by atoms with Gasteiger partial charge in [-0.1, -0.05) is 12.1 Å². The first-order valence-corrected chi connectivity index (χ1v) is 5.27. The van der Waals surface area contributed by atoms with Crippen LogP contribution in [0.1, 0.15) is 5.56 Å². The van der Waals surface area contributed by atoms with E-state index in [2.05, 4.69) is 5.10 Å². The van der Waals surface area contributed by atoms with Gasteiger partial charge in [-0.05, 0) is 23.8 Å². The topological polar surface area (TPSA) is 83.8 Å². The van der Waals surface area contributed by atoms with Crippen LogP contribution in [0.15, 0.2) is 42.7 Å². The number of nitrogens with two attached hydrogens (primary N) is 1. The molecule has 2 aromatic rings. The second-order valence-electron chi connectivity index (χ2n) is 3.79. The Balaban J connectivity index is 2.11. The lowest BCUT2D eigenvalue weighted by molar-refractivity contribution is -0.138. The van der Waals surface area contributed by atoms with Crippen LogP contribution in [0.2, 0.25) is 0 Å². The van der Waals surface area contributed by atoms with Gasteiger partial charge in [0.2, 0.25) is 0 Å². The van der Waals surface area contributed by atoms with Crippen molar-refractivity contribution in [1.29, 1.82) is 0 Å². The number of hydrogen-bond acceptors (Lipinski definition) is 3. The molecule has 0 amide bonds. The fourth-order valence-corrected chi connectivity index (χ4v) is 1.55. The van der Waals surface area contributed by atoms with Crippen molar-refractivity contribution in [3.8, 4) is 5.69 Å². The fraction of sp³-hybridized carbons (Fsp3) is 0.167. The van der Waals surface area contributed by atoms with E-state index >= 15 is 0 Å². The molecule has 0 aliphatic rings. The average Bonchev–Trinajstić information content (AvgIpc) is 2.83. The Labute approximate surface area is 98.5 Å². The normalized spacial score (nSPS) is 12.3. The van der Waals surface area contributed by atoms with Gasteiger partial charge in [0.15, 0.2) is 6.04 Å². The zero-order valence-electron chi connectivity index (χ0n) is 9.21. The summed E-state index contributed by atoms with van der Waals surface area (Å²) >= 11 is 0. The summed E-state index contributed by atoms with van der Waals surface area (Å²) in [6.07, 6.45) is 3.96. The summed E-state index contributed by atoms with van der Waals surface area (Å²) in [6, 6.07) is 8.69. The molecular formula is C12H14N3O2+. The number of rotatable bonds is 4. The molecule has 0 saturated heterocycles. The van der Waals surface area contributed by atoms with E-state index in [0.717, 1.165) is 11.3 Å². The van der Waals surface area contributed by atoms with Crippen molar-refractivity contribution in [2.24, 2.45) is 5.73 Å². The van der Waals surface area contributed by atoms with Crippen LogP contribution in [-0.4, -0.2) is 26.9 Å². The lowest BCUT2D eigenvalue weighted by atomic mass is 10.1. The van der Waals surface area contributed by atoms with E-state index in [1.54, 1.807) is 10.9 Å². The van der Waals surface area contributed by atoms with Gasteiger partial charge in [-0.15, -0.1) is 0 Å². The first kappa shape index (κ1) is 11.3. The van der Waals surface area contributed by atoms with Gasteiger partial charge >= 0.3 is 5.97 Å². The molecule has 1 aromatic carbocycles. The largest absolute Gasteiger partial charge is 0.564 e. The third-order valence-electron chi connectivity index (χ3n) is 2.50. The summed E-state index contributed by atoms with van der Waals surface area (Å²) in [5, 5.41) is 11.0. The van der Waals surface area contributed by atoms with E-state index in [9.17, 15) is 4.79 Å². The van der Waals surface area contributed by atoms with Crippen molar-refractivity contribution < 1.29 is 9.90 Å². The third-order valence-corrected chi connectivity index (χ3v) is 2.50. The lowest BCUT2D eigenvalue weighted by Crippen LogP contribution is -2.32. The molecule has 4 N–H and O–H groups in total. The van der Waals surface area contributed by atoms with E-state index in [0.29, 0.717) is 6.42 Å². The Morgan fingerprint density at radius 3 is 2.65 bits per heavy atom. The first-order valence-electron chi connectivity index (χ1n) is 5.27. The summed E-state index contributed by atoms with van der Waals surface area (Å²) < 4.78 is 1.75. The highest BCUT2D eigenvalue weighted by Gasteiger charge is 2.19. The van der Waals surface area contributed by atoms with Crippen LogP contribution in [0.5, 0.6) is 0 Å². The molecule has 1 atom stereocenters. The van der Waals surface area contributed by atoms with E-state index < -0.39 is 12.0 Å². The summed E-state index contributed by atoms with van der Waals surface area (Å²) in [5.41, 5.74) is 7.41. The minimum Gasteiger partial charge on any atom is -0.564 e. The number of carbonyl (C=O) groups excluding carboxylic acids is 1. The lowest BCUT2D eigenvalue weighted by Gasteiger charge is -2.05. The maximum Gasteiger partial charge on any atom is 0.533 e. The average molecular weight is 232 g/mol. The molecule has 0 unspecified atom stereocenters. The number of nitrogens with zero attached hydrogens (tertiary/aromatic N) is 2. The van der Waals surface area contributed by atoms with Gasteiger partial charge in [-0.2, -0.15) is 5.10 Å². The van der Waals surface area contributed by atoms with E-state index in [1.165, 1.54) is 0 Å². The molecule has 1 aromatic heterocycles. The number of hydrogen-bond donors (Lipinski definition) is 1. The summed E-state index contributed by atoms with van der Waals surface area (Å²) in [6.45, 7) is 0. The molecule has 0 radical (unpaired) electrons. The van der Waals surface area contributed by atoms with Crippen LogP contribution in [-0.2, 0) is 11.2 Å². The molecule has 88 valence electrons. The minimum absolute atomic E-state index is 0.391. The van der Waals surface area contributed by atoms with Gasteiger partial charge in [0, 0.05) is 23.6 Å². The molecule has 5 nitrogen and oxygen atoms in total. The van der Waals surface area contributed by atoms with Crippen molar-refractivity contribution in [1.82, 2.24) is 9.78 Å². The quantitative estimate of drug-likeness (QED) is 0.753. The smallest absolute Gasteiger partial charge is 0.533 e. The molecule has 5 heteroatoms. The first-order chi connectivity index (χ1) is 8.16. The second-order valence-corrected chi connectivity index (χ2v) is 3.79. The van der Waals surface area contributed by atoms with Crippen LogP contribution >= 0.6 is 0 Å².